The zero-order valence-corrected chi connectivity index (χ0v) is 21.9. The van der Waals surface area contributed by atoms with Crippen molar-refractivity contribution in [2.45, 2.75) is 99.8 Å². The van der Waals surface area contributed by atoms with Gasteiger partial charge in [0, 0.05) is 0 Å². The summed E-state index contributed by atoms with van der Waals surface area (Å²) >= 11 is -3.84. The molecule has 0 unspecified atom stereocenters. The molecule has 0 aromatic rings. The molecule has 2 N–H and O–H groups in total. The van der Waals surface area contributed by atoms with Crippen molar-refractivity contribution in [3.8, 4) is 0 Å². The zero-order chi connectivity index (χ0) is 22.2. The number of carbonyl (C=O) groups excluding carboxylic acids is 3. The van der Waals surface area contributed by atoms with Crippen molar-refractivity contribution in [2.24, 2.45) is 5.73 Å². The van der Waals surface area contributed by atoms with E-state index in [2.05, 4.69) is 13.8 Å². The van der Waals surface area contributed by atoms with Crippen molar-refractivity contribution >= 4 is 37.1 Å². The van der Waals surface area contributed by atoms with Gasteiger partial charge in [0.25, 0.3) is 0 Å². The Morgan fingerprint density at radius 1 is 0.800 bits per heavy atom. The van der Waals surface area contributed by atoms with E-state index in [0.717, 1.165) is 34.6 Å². The summed E-state index contributed by atoms with van der Waals surface area (Å²) in [7, 11) is 0. The second-order valence-electron chi connectivity index (χ2n) is 8.51. The first-order chi connectivity index (χ1) is 14.4. The maximum absolute atomic E-state index is 12.5. The number of rotatable bonds is 16. The number of carbonyl (C=O) groups is 3. The molecule has 8 heteroatoms. The van der Waals surface area contributed by atoms with Crippen LogP contribution in [0.1, 0.15) is 90.9 Å². The molecule has 7 nitrogen and oxygen atoms in total. The summed E-state index contributed by atoms with van der Waals surface area (Å²) in [5.41, 5.74) is 5.22. The van der Waals surface area contributed by atoms with Crippen LogP contribution in [-0.4, -0.2) is 61.6 Å². The molecule has 1 amide bonds. The monoisotopic (exact) mass is 534 g/mol. The van der Waals surface area contributed by atoms with Gasteiger partial charge in [0.1, 0.15) is 0 Å². The number of primary amides is 1. The standard InChI is InChI=1S/2C8H17.C6H10N2O5.Sn/c2*1-3-5-7-8-6-4-2;7-4(9)1-8(2-5(10)11)3-6(12)13;/h2*1,3-8H2,2H3;1-3H2,(H2,7,9)(H,10,11)(H,12,13);/q;;;+2/p-2. The Morgan fingerprint density at radius 3 is 1.60 bits per heavy atom. The fourth-order valence-corrected chi connectivity index (χ4v) is 13.2. The van der Waals surface area contributed by atoms with Crippen LogP contribution in [0.4, 0.5) is 0 Å². The first-order valence-electron chi connectivity index (χ1n) is 11.8. The van der Waals surface area contributed by atoms with E-state index in [-0.39, 0.29) is 31.6 Å². The summed E-state index contributed by atoms with van der Waals surface area (Å²) in [5, 5.41) is 0. The minimum absolute atomic E-state index is 0.0797. The van der Waals surface area contributed by atoms with Crippen molar-refractivity contribution in [1.82, 2.24) is 4.90 Å². The van der Waals surface area contributed by atoms with Crippen molar-refractivity contribution in [3.05, 3.63) is 0 Å². The van der Waals surface area contributed by atoms with Crippen molar-refractivity contribution < 1.29 is 20.5 Å². The molecule has 174 valence electrons. The fraction of sp³-hybridized carbons (Fsp3) is 0.864. The van der Waals surface area contributed by atoms with Crippen molar-refractivity contribution in [3.63, 3.8) is 0 Å². The van der Waals surface area contributed by atoms with Crippen molar-refractivity contribution in [2.75, 3.05) is 19.6 Å². The van der Waals surface area contributed by atoms with Crippen LogP contribution >= 0.6 is 0 Å². The molecule has 1 rings (SSSR count). The van der Waals surface area contributed by atoms with Crippen LogP contribution < -0.4 is 5.73 Å². The average molecular weight is 533 g/mol. The summed E-state index contributed by atoms with van der Waals surface area (Å²) in [4.78, 5) is 37.7. The summed E-state index contributed by atoms with van der Waals surface area (Å²) in [6, 6.07) is 0. The van der Waals surface area contributed by atoms with E-state index >= 15 is 0 Å². The van der Waals surface area contributed by atoms with Gasteiger partial charge in [-0.05, 0) is 0 Å². The number of unbranched alkanes of at least 4 members (excludes halogenated alkanes) is 10. The van der Waals surface area contributed by atoms with E-state index < -0.39 is 25.1 Å². The van der Waals surface area contributed by atoms with Gasteiger partial charge in [-0.3, -0.25) is 0 Å². The van der Waals surface area contributed by atoms with Crippen LogP contribution in [-0.2, 0) is 20.5 Å². The Balaban J connectivity index is 2.70. The van der Waals surface area contributed by atoms with Gasteiger partial charge in [-0.1, -0.05) is 0 Å². The topological polar surface area (TPSA) is 98.9 Å². The van der Waals surface area contributed by atoms with Crippen LogP contribution in [0, 0.1) is 0 Å². The van der Waals surface area contributed by atoms with E-state index in [0.29, 0.717) is 0 Å². The molecule has 0 atom stereocenters. The van der Waals surface area contributed by atoms with E-state index in [4.69, 9.17) is 11.9 Å². The molecule has 0 aromatic heterocycles. The van der Waals surface area contributed by atoms with Crippen molar-refractivity contribution in [1.29, 1.82) is 0 Å². The van der Waals surface area contributed by atoms with Gasteiger partial charge in [0.05, 0.1) is 0 Å². The zero-order valence-electron chi connectivity index (χ0n) is 19.1. The summed E-state index contributed by atoms with van der Waals surface area (Å²) in [5.74, 6) is -1.34. The number of nitrogens with two attached hydrogens (primary N) is 1. The summed E-state index contributed by atoms with van der Waals surface area (Å²) in [6.45, 7) is 4.08. The molecule has 0 aliphatic carbocycles. The third kappa shape index (κ3) is 12.1. The summed E-state index contributed by atoms with van der Waals surface area (Å²) in [6.07, 6.45) is 13.7. The SMILES string of the molecule is CCCCCCC[CH2][Sn]1([CH2]CCCCCCC)[O]C(=O)CN(CC(N)=O)CC(=O)[O]1. The predicted molar refractivity (Wildman–Crippen MR) is 120 cm³/mol. The molecule has 30 heavy (non-hydrogen) atoms. The Labute approximate surface area is 187 Å². The Kier molecular flexibility index (Phi) is 14.4. The third-order valence-electron chi connectivity index (χ3n) is 5.51. The Bertz CT molecular complexity index is 492. The predicted octanol–water partition coefficient (Wildman–Crippen LogP) is 4.04. The Morgan fingerprint density at radius 2 is 1.20 bits per heavy atom. The number of amides is 1. The van der Waals surface area contributed by atoms with Gasteiger partial charge < -0.3 is 0 Å². The van der Waals surface area contributed by atoms with E-state index in [1.165, 1.54) is 56.3 Å². The normalized spacial score (nSPS) is 17.1. The summed E-state index contributed by atoms with van der Waals surface area (Å²) < 4.78 is 13.4. The molecule has 1 fully saturated rings. The van der Waals surface area contributed by atoms with Gasteiger partial charge in [-0.15, -0.1) is 0 Å². The number of hydrogen-bond acceptors (Lipinski definition) is 6. The molecule has 1 saturated heterocycles. The van der Waals surface area contributed by atoms with E-state index in [1.807, 2.05) is 0 Å². The van der Waals surface area contributed by atoms with Gasteiger partial charge in [0.2, 0.25) is 0 Å². The van der Waals surface area contributed by atoms with Gasteiger partial charge >= 0.3 is 188 Å². The van der Waals surface area contributed by atoms with Crippen LogP contribution in [0.25, 0.3) is 0 Å². The van der Waals surface area contributed by atoms with Gasteiger partial charge in [0.15, 0.2) is 0 Å². The molecule has 0 saturated carbocycles. The molecule has 0 aromatic carbocycles. The quantitative estimate of drug-likeness (QED) is 0.238. The maximum atomic E-state index is 12.5. The minimum atomic E-state index is -3.84. The second kappa shape index (κ2) is 15.9. The second-order valence-corrected chi connectivity index (χ2v) is 17.7. The van der Waals surface area contributed by atoms with Gasteiger partial charge in [-0.25, -0.2) is 0 Å². The first kappa shape index (κ1) is 27.2. The average Bonchev–Trinajstić information content (AvgIpc) is 2.65. The van der Waals surface area contributed by atoms with Crippen LogP contribution in [0.3, 0.4) is 0 Å². The third-order valence-corrected chi connectivity index (χ3v) is 15.3. The fourth-order valence-electron chi connectivity index (χ4n) is 3.93. The molecule has 1 heterocycles. The van der Waals surface area contributed by atoms with E-state index in [1.54, 1.807) is 0 Å². The number of hydrogen-bond donors (Lipinski definition) is 1. The molecule has 1 aliphatic rings. The molecular weight excluding hydrogens is 491 g/mol. The van der Waals surface area contributed by atoms with Crippen LogP contribution in [0.5, 0.6) is 0 Å². The molecule has 0 bridgehead atoms. The molecular formula is C22H42N2O5Sn. The van der Waals surface area contributed by atoms with Crippen LogP contribution in [0.15, 0.2) is 0 Å². The van der Waals surface area contributed by atoms with Gasteiger partial charge in [-0.2, -0.15) is 0 Å². The molecule has 0 radical (unpaired) electrons. The Hall–Kier alpha value is -0.831. The number of nitrogens with zero attached hydrogens (tertiary/aromatic N) is 1. The first-order valence-corrected chi connectivity index (χ1v) is 18.2. The van der Waals surface area contributed by atoms with Crippen LogP contribution in [0.2, 0.25) is 8.87 Å². The molecule has 1 aliphatic heterocycles. The molecule has 0 spiro atoms. The van der Waals surface area contributed by atoms with E-state index in [9.17, 15) is 14.4 Å².